The van der Waals surface area contributed by atoms with Crippen LogP contribution in [0.15, 0.2) is 54.9 Å². The summed E-state index contributed by atoms with van der Waals surface area (Å²) in [6, 6.07) is 10.3. The van der Waals surface area contributed by atoms with Gasteiger partial charge in [0.05, 0.1) is 36.1 Å². The highest BCUT2D eigenvalue weighted by Crippen LogP contribution is 2.30. The number of anilines is 2. The van der Waals surface area contributed by atoms with Crippen molar-refractivity contribution in [3.05, 3.63) is 66.2 Å². The maximum atomic E-state index is 12.7. The molecule has 4 aromatic rings. The zero-order chi connectivity index (χ0) is 20.6. The van der Waals surface area contributed by atoms with E-state index in [1.165, 1.54) is 18.3 Å². The highest BCUT2D eigenvalue weighted by Gasteiger charge is 2.29. The Kier molecular flexibility index (Phi) is 4.57. The quantitative estimate of drug-likeness (QED) is 0.529. The van der Waals surface area contributed by atoms with Gasteiger partial charge in [-0.1, -0.05) is 0 Å². The van der Waals surface area contributed by atoms with Crippen LogP contribution in [-0.2, 0) is 6.18 Å². The smallest absolute Gasteiger partial charge is 0.416 e. The zero-order valence-electron chi connectivity index (χ0n) is 15.5. The lowest BCUT2D eigenvalue weighted by atomic mass is 10.2. The van der Waals surface area contributed by atoms with Gasteiger partial charge in [-0.25, -0.2) is 9.97 Å². The van der Waals surface area contributed by atoms with Crippen LogP contribution in [0.2, 0.25) is 0 Å². The van der Waals surface area contributed by atoms with E-state index in [1.54, 1.807) is 13.3 Å². The first-order valence-electron chi connectivity index (χ1n) is 8.65. The number of aryl methyl sites for hydroxylation is 1. The lowest BCUT2D eigenvalue weighted by Crippen LogP contribution is -2.05. The molecule has 0 fully saturated rings. The Balaban J connectivity index is 1.68. The normalized spacial score (nSPS) is 11.6. The minimum atomic E-state index is -4.38. The minimum Gasteiger partial charge on any atom is -0.497 e. The lowest BCUT2D eigenvalue weighted by molar-refractivity contribution is -0.137. The maximum Gasteiger partial charge on any atom is 0.416 e. The molecule has 29 heavy (non-hydrogen) atoms. The Bertz CT molecular complexity index is 1170. The summed E-state index contributed by atoms with van der Waals surface area (Å²) in [4.78, 5) is 13.3. The van der Waals surface area contributed by atoms with Crippen LogP contribution in [0.3, 0.4) is 0 Å². The van der Waals surface area contributed by atoms with Gasteiger partial charge in [0.1, 0.15) is 11.6 Å². The van der Waals surface area contributed by atoms with Crippen LogP contribution >= 0.6 is 0 Å². The summed E-state index contributed by atoms with van der Waals surface area (Å²) in [5.74, 6) is 2.32. The van der Waals surface area contributed by atoms with Gasteiger partial charge in [0.15, 0.2) is 11.6 Å². The number of hydrogen-bond acceptors (Lipinski definition) is 5. The van der Waals surface area contributed by atoms with Gasteiger partial charge in [0.2, 0.25) is 0 Å². The summed E-state index contributed by atoms with van der Waals surface area (Å²) in [6.07, 6.45) is -1.29. The summed E-state index contributed by atoms with van der Waals surface area (Å²) in [7, 11) is 1.59. The third-order valence-corrected chi connectivity index (χ3v) is 4.36. The first-order valence-corrected chi connectivity index (χ1v) is 8.65. The van der Waals surface area contributed by atoms with E-state index in [-0.39, 0.29) is 0 Å². The number of ether oxygens (including phenoxy) is 1. The summed E-state index contributed by atoms with van der Waals surface area (Å²) < 4.78 is 45.3. The van der Waals surface area contributed by atoms with Gasteiger partial charge in [0, 0.05) is 11.8 Å². The Morgan fingerprint density at radius 1 is 1.00 bits per heavy atom. The van der Waals surface area contributed by atoms with Crippen molar-refractivity contribution in [3.63, 3.8) is 0 Å². The highest BCUT2D eigenvalue weighted by atomic mass is 19.4. The van der Waals surface area contributed by atoms with Crippen LogP contribution in [0.4, 0.5) is 24.7 Å². The van der Waals surface area contributed by atoms with Crippen molar-refractivity contribution in [1.82, 2.24) is 19.5 Å². The molecule has 0 saturated carbocycles. The molecule has 0 amide bonds. The molecule has 1 N–H and O–H groups in total. The second-order valence-electron chi connectivity index (χ2n) is 6.31. The Morgan fingerprint density at radius 3 is 2.45 bits per heavy atom. The second kappa shape index (κ2) is 7.08. The molecule has 0 bridgehead atoms. The summed E-state index contributed by atoms with van der Waals surface area (Å²) in [5.41, 5.74) is 1.35. The molecule has 2 aromatic heterocycles. The molecule has 0 aliphatic rings. The number of hydrogen-bond donors (Lipinski definition) is 1. The molecular formula is C20H16F3N5O. The molecule has 4 rings (SSSR count). The van der Waals surface area contributed by atoms with E-state index in [0.29, 0.717) is 28.9 Å². The van der Waals surface area contributed by atoms with Gasteiger partial charge < -0.3 is 10.1 Å². The molecule has 148 valence electrons. The molecule has 0 unspecified atom stereocenters. The summed E-state index contributed by atoms with van der Waals surface area (Å²) >= 11 is 0. The van der Waals surface area contributed by atoms with E-state index < -0.39 is 11.7 Å². The van der Waals surface area contributed by atoms with Crippen LogP contribution in [-0.4, -0.2) is 26.6 Å². The third-order valence-electron chi connectivity index (χ3n) is 4.36. The van der Waals surface area contributed by atoms with E-state index in [1.807, 2.05) is 29.7 Å². The Labute approximate surface area is 164 Å². The van der Waals surface area contributed by atoms with E-state index in [2.05, 4.69) is 20.3 Å². The Hall–Kier alpha value is -3.62. The number of methoxy groups -OCH3 is 1. The monoisotopic (exact) mass is 399 g/mol. The van der Waals surface area contributed by atoms with Crippen LogP contribution in [0.5, 0.6) is 5.75 Å². The molecule has 0 saturated heterocycles. The van der Waals surface area contributed by atoms with E-state index in [0.717, 1.165) is 23.2 Å². The number of aromatic nitrogens is 4. The number of nitrogens with zero attached hydrogens (tertiary/aromatic N) is 4. The molecule has 2 aromatic carbocycles. The summed E-state index contributed by atoms with van der Waals surface area (Å²) in [6.45, 7) is 1.85. The standard InChI is InChI=1S/C20H16F3N5O/c1-12-25-16-8-7-15(29-2)9-17(16)28(12)19-11-24-10-18(27-19)26-14-5-3-13(4-6-14)20(21,22)23/h3-11H,1-2H3,(H,26,27). The Morgan fingerprint density at radius 2 is 1.76 bits per heavy atom. The second-order valence-corrected chi connectivity index (χ2v) is 6.31. The van der Waals surface area contributed by atoms with Gasteiger partial charge in [-0.3, -0.25) is 9.55 Å². The molecule has 2 heterocycles. The fourth-order valence-corrected chi connectivity index (χ4v) is 3.01. The van der Waals surface area contributed by atoms with E-state index in [9.17, 15) is 13.2 Å². The molecule has 6 nitrogen and oxygen atoms in total. The molecule has 0 spiro atoms. The predicted molar refractivity (Wildman–Crippen MR) is 103 cm³/mol. The number of rotatable bonds is 4. The van der Waals surface area contributed by atoms with E-state index >= 15 is 0 Å². The van der Waals surface area contributed by atoms with Gasteiger partial charge in [0.25, 0.3) is 0 Å². The largest absolute Gasteiger partial charge is 0.497 e. The SMILES string of the molecule is COc1ccc2nc(C)n(-c3cncc(Nc4ccc(C(F)(F)F)cc4)n3)c2c1. The summed E-state index contributed by atoms with van der Waals surface area (Å²) in [5, 5.41) is 2.98. The van der Waals surface area contributed by atoms with Crippen molar-refractivity contribution in [2.24, 2.45) is 0 Å². The van der Waals surface area contributed by atoms with Crippen molar-refractivity contribution < 1.29 is 17.9 Å². The third kappa shape index (κ3) is 3.71. The average molecular weight is 399 g/mol. The topological polar surface area (TPSA) is 64.9 Å². The van der Waals surface area contributed by atoms with Crippen molar-refractivity contribution in [3.8, 4) is 11.6 Å². The fourth-order valence-electron chi connectivity index (χ4n) is 3.01. The van der Waals surface area contributed by atoms with Gasteiger partial charge in [-0.15, -0.1) is 0 Å². The van der Waals surface area contributed by atoms with Crippen LogP contribution in [0.25, 0.3) is 16.9 Å². The minimum absolute atomic E-state index is 0.395. The zero-order valence-corrected chi connectivity index (χ0v) is 15.5. The van der Waals surface area contributed by atoms with Crippen molar-refractivity contribution in [2.45, 2.75) is 13.1 Å². The van der Waals surface area contributed by atoms with Gasteiger partial charge in [-0.2, -0.15) is 13.2 Å². The van der Waals surface area contributed by atoms with Gasteiger partial charge in [-0.05, 0) is 43.3 Å². The number of imidazole rings is 1. The highest BCUT2D eigenvalue weighted by molar-refractivity contribution is 5.79. The maximum absolute atomic E-state index is 12.7. The van der Waals surface area contributed by atoms with Crippen molar-refractivity contribution in [2.75, 3.05) is 12.4 Å². The molecule has 0 atom stereocenters. The van der Waals surface area contributed by atoms with Crippen molar-refractivity contribution in [1.29, 1.82) is 0 Å². The van der Waals surface area contributed by atoms with E-state index in [4.69, 9.17) is 4.74 Å². The first-order chi connectivity index (χ1) is 13.8. The molecule has 0 radical (unpaired) electrons. The lowest BCUT2D eigenvalue weighted by Gasteiger charge is -2.11. The molecule has 0 aliphatic heterocycles. The molecule has 0 aliphatic carbocycles. The van der Waals surface area contributed by atoms with Gasteiger partial charge >= 0.3 is 6.18 Å². The number of alkyl halides is 3. The number of benzene rings is 2. The van der Waals surface area contributed by atoms with Crippen LogP contribution in [0, 0.1) is 6.92 Å². The average Bonchev–Trinajstić information content (AvgIpc) is 3.02. The van der Waals surface area contributed by atoms with Crippen molar-refractivity contribution >= 4 is 22.5 Å². The predicted octanol–water partition coefficient (Wildman–Crippen LogP) is 4.89. The number of fused-ring (bicyclic) bond motifs is 1. The van der Waals surface area contributed by atoms with Crippen LogP contribution < -0.4 is 10.1 Å². The molecule has 9 heteroatoms. The molecular weight excluding hydrogens is 383 g/mol. The fraction of sp³-hybridized carbons (Fsp3) is 0.150. The van der Waals surface area contributed by atoms with Crippen LogP contribution in [0.1, 0.15) is 11.4 Å². The first kappa shape index (κ1) is 18.7. The number of halogens is 3. The number of nitrogens with one attached hydrogen (secondary N) is 1.